The van der Waals surface area contributed by atoms with E-state index in [0.717, 1.165) is 31.8 Å². The Balaban J connectivity index is 2.37. The van der Waals surface area contributed by atoms with Crippen molar-refractivity contribution in [1.29, 1.82) is 0 Å². The molecule has 1 atom stereocenters. The molecule has 0 bridgehead atoms. The first-order valence-electron chi connectivity index (χ1n) is 6.40. The molecule has 0 saturated carbocycles. The van der Waals surface area contributed by atoms with Crippen LogP contribution in [0.2, 0.25) is 0 Å². The fourth-order valence-electron chi connectivity index (χ4n) is 2.28. The minimum atomic E-state index is -0.667. The maximum absolute atomic E-state index is 13.6. The number of halogens is 1. The van der Waals surface area contributed by atoms with Gasteiger partial charge in [0.15, 0.2) is 0 Å². The molecule has 0 aliphatic carbocycles. The van der Waals surface area contributed by atoms with Crippen molar-refractivity contribution in [2.45, 2.75) is 26.4 Å². The number of aliphatic hydroxyl groups excluding tert-OH is 1. The van der Waals surface area contributed by atoms with Gasteiger partial charge in [0.2, 0.25) is 0 Å². The Labute approximate surface area is 107 Å². The van der Waals surface area contributed by atoms with Gasteiger partial charge in [-0.3, -0.25) is 0 Å². The van der Waals surface area contributed by atoms with E-state index < -0.39 is 6.10 Å². The number of nitrogens with zero attached hydrogens (tertiary/aromatic N) is 1. The van der Waals surface area contributed by atoms with E-state index in [1.165, 1.54) is 6.07 Å². The van der Waals surface area contributed by atoms with Crippen LogP contribution in [0.3, 0.4) is 0 Å². The van der Waals surface area contributed by atoms with Gasteiger partial charge in [0.05, 0.1) is 12.7 Å². The summed E-state index contributed by atoms with van der Waals surface area (Å²) < 4.78 is 19.0. The van der Waals surface area contributed by atoms with E-state index in [-0.39, 0.29) is 5.82 Å². The maximum atomic E-state index is 13.6. The summed E-state index contributed by atoms with van der Waals surface area (Å²) in [5.74, 6) is -0.263. The van der Waals surface area contributed by atoms with Gasteiger partial charge in [-0.15, -0.1) is 0 Å². The number of benzene rings is 1. The maximum Gasteiger partial charge on any atom is 0.126 e. The van der Waals surface area contributed by atoms with Crippen LogP contribution in [0.15, 0.2) is 12.1 Å². The molecule has 0 aromatic heterocycles. The summed E-state index contributed by atoms with van der Waals surface area (Å²) in [6.07, 6.45) is 0.287. The molecule has 1 aliphatic rings. The Morgan fingerprint density at radius 2 is 2.11 bits per heavy atom. The molecule has 1 saturated heterocycles. The fraction of sp³-hybridized carbons (Fsp3) is 0.571. The predicted octanol–water partition coefficient (Wildman–Crippen LogP) is 2.41. The smallest absolute Gasteiger partial charge is 0.126 e. The van der Waals surface area contributed by atoms with Crippen LogP contribution in [0, 0.1) is 12.7 Å². The second kappa shape index (κ2) is 5.67. The van der Waals surface area contributed by atoms with E-state index in [1.54, 1.807) is 13.8 Å². The van der Waals surface area contributed by atoms with Crippen LogP contribution in [0.5, 0.6) is 0 Å². The van der Waals surface area contributed by atoms with Gasteiger partial charge in [0.1, 0.15) is 5.82 Å². The number of hydrogen-bond acceptors (Lipinski definition) is 3. The SMILES string of the molecule is Cc1cc(N2CCCOCC2)c([C@H](C)O)cc1F. The molecule has 0 spiro atoms. The van der Waals surface area contributed by atoms with Crippen molar-refractivity contribution >= 4 is 5.69 Å². The summed E-state index contributed by atoms with van der Waals surface area (Å²) >= 11 is 0. The number of hydrogen-bond donors (Lipinski definition) is 1. The van der Waals surface area contributed by atoms with Gasteiger partial charge >= 0.3 is 0 Å². The molecule has 0 unspecified atom stereocenters. The third kappa shape index (κ3) is 2.82. The second-order valence-electron chi connectivity index (χ2n) is 4.79. The van der Waals surface area contributed by atoms with Gasteiger partial charge in [-0.05, 0) is 38.0 Å². The number of aliphatic hydroxyl groups is 1. The van der Waals surface area contributed by atoms with E-state index in [2.05, 4.69) is 4.90 Å². The molecule has 18 heavy (non-hydrogen) atoms. The number of anilines is 1. The van der Waals surface area contributed by atoms with Crippen molar-refractivity contribution in [2.24, 2.45) is 0 Å². The van der Waals surface area contributed by atoms with E-state index >= 15 is 0 Å². The van der Waals surface area contributed by atoms with Gasteiger partial charge in [0.25, 0.3) is 0 Å². The highest BCUT2D eigenvalue weighted by Crippen LogP contribution is 2.29. The summed E-state index contributed by atoms with van der Waals surface area (Å²) in [5, 5.41) is 9.80. The molecule has 3 nitrogen and oxygen atoms in total. The number of ether oxygens (including phenoxy) is 1. The highest BCUT2D eigenvalue weighted by Gasteiger charge is 2.18. The lowest BCUT2D eigenvalue weighted by Crippen LogP contribution is -2.27. The predicted molar refractivity (Wildman–Crippen MR) is 69.4 cm³/mol. The van der Waals surface area contributed by atoms with E-state index in [0.29, 0.717) is 17.7 Å². The molecule has 4 heteroatoms. The molecule has 1 N–H and O–H groups in total. The molecule has 1 fully saturated rings. The highest BCUT2D eigenvalue weighted by atomic mass is 19.1. The lowest BCUT2D eigenvalue weighted by molar-refractivity contribution is 0.152. The van der Waals surface area contributed by atoms with Gasteiger partial charge in [-0.2, -0.15) is 0 Å². The van der Waals surface area contributed by atoms with E-state index in [1.807, 2.05) is 6.07 Å². The Bertz CT molecular complexity index is 413. The van der Waals surface area contributed by atoms with E-state index in [4.69, 9.17) is 4.74 Å². The number of aryl methyl sites for hydroxylation is 1. The van der Waals surface area contributed by atoms with Crippen LogP contribution in [-0.4, -0.2) is 31.4 Å². The lowest BCUT2D eigenvalue weighted by Gasteiger charge is -2.26. The third-order valence-electron chi connectivity index (χ3n) is 3.32. The Morgan fingerprint density at radius 1 is 1.33 bits per heavy atom. The third-order valence-corrected chi connectivity index (χ3v) is 3.32. The van der Waals surface area contributed by atoms with Crippen molar-refractivity contribution in [3.63, 3.8) is 0 Å². The molecule has 1 aliphatic heterocycles. The summed E-state index contributed by atoms with van der Waals surface area (Å²) in [6.45, 7) is 6.52. The lowest BCUT2D eigenvalue weighted by atomic mass is 10.0. The van der Waals surface area contributed by atoms with Crippen molar-refractivity contribution < 1.29 is 14.2 Å². The van der Waals surface area contributed by atoms with Crippen molar-refractivity contribution in [1.82, 2.24) is 0 Å². The Kier molecular flexibility index (Phi) is 4.19. The van der Waals surface area contributed by atoms with Crippen molar-refractivity contribution in [3.05, 3.63) is 29.1 Å². The molecule has 0 radical (unpaired) electrons. The first-order valence-corrected chi connectivity index (χ1v) is 6.40. The van der Waals surface area contributed by atoms with Crippen LogP contribution in [0.4, 0.5) is 10.1 Å². The highest BCUT2D eigenvalue weighted by molar-refractivity contribution is 5.56. The van der Waals surface area contributed by atoms with Crippen LogP contribution in [-0.2, 0) is 4.74 Å². The quantitative estimate of drug-likeness (QED) is 0.878. The zero-order valence-electron chi connectivity index (χ0n) is 10.9. The zero-order valence-corrected chi connectivity index (χ0v) is 10.9. The molecule has 1 aromatic carbocycles. The van der Waals surface area contributed by atoms with Gasteiger partial charge in [-0.25, -0.2) is 4.39 Å². The molecule has 1 aromatic rings. The molecule has 0 amide bonds. The zero-order chi connectivity index (χ0) is 13.1. The fourth-order valence-corrected chi connectivity index (χ4v) is 2.28. The summed E-state index contributed by atoms with van der Waals surface area (Å²) in [5.41, 5.74) is 2.19. The van der Waals surface area contributed by atoms with Gasteiger partial charge in [0, 0.05) is 30.9 Å². The minimum absolute atomic E-state index is 0.263. The topological polar surface area (TPSA) is 32.7 Å². The first-order chi connectivity index (χ1) is 8.59. The second-order valence-corrected chi connectivity index (χ2v) is 4.79. The van der Waals surface area contributed by atoms with E-state index in [9.17, 15) is 9.50 Å². The van der Waals surface area contributed by atoms with Crippen LogP contribution in [0.25, 0.3) is 0 Å². The summed E-state index contributed by atoms with van der Waals surface area (Å²) in [6, 6.07) is 3.27. The molecule has 1 heterocycles. The van der Waals surface area contributed by atoms with Crippen molar-refractivity contribution in [2.75, 3.05) is 31.2 Å². The van der Waals surface area contributed by atoms with Crippen molar-refractivity contribution in [3.8, 4) is 0 Å². The molecular formula is C14H20FNO2. The first kappa shape index (κ1) is 13.3. The molecular weight excluding hydrogens is 233 g/mol. The van der Waals surface area contributed by atoms with Gasteiger partial charge < -0.3 is 14.7 Å². The van der Waals surface area contributed by atoms with Gasteiger partial charge in [-0.1, -0.05) is 0 Å². The van der Waals surface area contributed by atoms with Crippen LogP contribution < -0.4 is 4.90 Å². The molecule has 100 valence electrons. The minimum Gasteiger partial charge on any atom is -0.389 e. The van der Waals surface area contributed by atoms with Crippen LogP contribution >= 0.6 is 0 Å². The molecule has 2 rings (SSSR count). The Hall–Kier alpha value is -1.13. The average molecular weight is 253 g/mol. The number of rotatable bonds is 2. The largest absolute Gasteiger partial charge is 0.389 e. The average Bonchev–Trinajstić information content (AvgIpc) is 2.60. The summed E-state index contributed by atoms with van der Waals surface area (Å²) in [4.78, 5) is 2.17. The summed E-state index contributed by atoms with van der Waals surface area (Å²) in [7, 11) is 0. The van der Waals surface area contributed by atoms with Crippen LogP contribution in [0.1, 0.15) is 30.6 Å². The standard InChI is InChI=1S/C14H20FNO2/c1-10-8-14(12(11(2)17)9-13(10)15)16-4-3-6-18-7-5-16/h8-9,11,17H,3-7H2,1-2H3/t11-/m0/s1. The monoisotopic (exact) mass is 253 g/mol. The normalized spacial score (nSPS) is 18.6. The Morgan fingerprint density at radius 3 is 2.83 bits per heavy atom.